The van der Waals surface area contributed by atoms with Gasteiger partial charge in [-0.05, 0) is 60.7 Å². The second-order valence-corrected chi connectivity index (χ2v) is 9.07. The molecule has 3 aromatic rings. The second kappa shape index (κ2) is 7.47. The fraction of sp³-hybridized carbons (Fsp3) is 0.0476. The Morgan fingerprint density at radius 1 is 1.03 bits per heavy atom. The van der Waals surface area contributed by atoms with E-state index in [9.17, 15) is 18.0 Å². The first-order valence-corrected chi connectivity index (χ1v) is 11.0. The molecule has 1 aliphatic heterocycles. The monoisotopic (exact) mass is 442 g/mol. The Morgan fingerprint density at radius 3 is 2.43 bits per heavy atom. The number of nitrogens with zero attached hydrogens (tertiary/aromatic N) is 1. The summed E-state index contributed by atoms with van der Waals surface area (Å²) in [6, 6.07) is 16.1. The molecule has 2 aromatic carbocycles. The van der Waals surface area contributed by atoms with Crippen molar-refractivity contribution >= 4 is 45.0 Å². The summed E-state index contributed by atoms with van der Waals surface area (Å²) < 4.78 is 28.9. The predicted octanol–water partition coefficient (Wildman–Crippen LogP) is 3.46. The summed E-state index contributed by atoms with van der Waals surface area (Å²) >= 11 is 5.96. The number of anilines is 1. The third-order valence-corrected chi connectivity index (χ3v) is 5.80. The summed E-state index contributed by atoms with van der Waals surface area (Å²) in [5.41, 5.74) is 3.52. The SMILES string of the molecule is CS(=O)(=O)c1ccc(-c2ccc(/C=C3/C(=O)NN(c4cccc(Cl)c4)C3=O)o2)cc1. The van der Waals surface area contributed by atoms with Crippen molar-refractivity contribution in [1.29, 1.82) is 0 Å². The summed E-state index contributed by atoms with van der Waals surface area (Å²) in [6.45, 7) is 0. The Balaban J connectivity index is 1.59. The molecule has 0 spiro atoms. The predicted molar refractivity (Wildman–Crippen MR) is 112 cm³/mol. The van der Waals surface area contributed by atoms with Gasteiger partial charge in [-0.1, -0.05) is 17.7 Å². The third kappa shape index (κ3) is 3.87. The van der Waals surface area contributed by atoms with Crippen LogP contribution in [0.1, 0.15) is 5.76 Å². The lowest BCUT2D eigenvalue weighted by atomic mass is 10.2. The number of hydrogen-bond donors (Lipinski definition) is 1. The highest BCUT2D eigenvalue weighted by atomic mass is 35.5. The maximum Gasteiger partial charge on any atom is 0.282 e. The van der Waals surface area contributed by atoms with Crippen LogP contribution in [0.2, 0.25) is 5.02 Å². The van der Waals surface area contributed by atoms with E-state index >= 15 is 0 Å². The van der Waals surface area contributed by atoms with E-state index in [1.165, 1.54) is 18.2 Å². The molecule has 0 aliphatic carbocycles. The van der Waals surface area contributed by atoms with Gasteiger partial charge >= 0.3 is 0 Å². The number of nitrogens with one attached hydrogen (secondary N) is 1. The highest BCUT2D eigenvalue weighted by Gasteiger charge is 2.34. The molecule has 7 nitrogen and oxygen atoms in total. The number of carbonyl (C=O) groups is 2. The van der Waals surface area contributed by atoms with Gasteiger partial charge in [0, 0.05) is 16.8 Å². The van der Waals surface area contributed by atoms with Crippen molar-refractivity contribution in [2.24, 2.45) is 0 Å². The zero-order valence-electron chi connectivity index (χ0n) is 15.6. The van der Waals surface area contributed by atoms with E-state index in [0.29, 0.717) is 27.8 Å². The first-order valence-electron chi connectivity index (χ1n) is 8.75. The molecule has 0 atom stereocenters. The van der Waals surface area contributed by atoms with Crippen molar-refractivity contribution in [3.63, 3.8) is 0 Å². The highest BCUT2D eigenvalue weighted by Crippen LogP contribution is 2.27. The molecule has 0 radical (unpaired) electrons. The molecule has 30 heavy (non-hydrogen) atoms. The molecule has 1 aromatic heterocycles. The third-order valence-electron chi connectivity index (χ3n) is 4.44. The molecule has 1 N–H and O–H groups in total. The van der Waals surface area contributed by atoms with E-state index in [-0.39, 0.29) is 10.5 Å². The summed E-state index contributed by atoms with van der Waals surface area (Å²) in [5, 5.41) is 1.55. The van der Waals surface area contributed by atoms with Gasteiger partial charge in [-0.2, -0.15) is 0 Å². The quantitative estimate of drug-likeness (QED) is 0.493. The number of carbonyl (C=O) groups excluding carboxylic acids is 2. The lowest BCUT2D eigenvalue weighted by molar-refractivity contribution is -0.117. The van der Waals surface area contributed by atoms with E-state index in [0.717, 1.165) is 11.3 Å². The van der Waals surface area contributed by atoms with Crippen LogP contribution >= 0.6 is 11.6 Å². The van der Waals surface area contributed by atoms with E-state index in [1.807, 2.05) is 0 Å². The molecule has 0 unspecified atom stereocenters. The van der Waals surface area contributed by atoms with Crippen LogP contribution < -0.4 is 10.4 Å². The van der Waals surface area contributed by atoms with Crippen LogP contribution in [0.4, 0.5) is 5.69 Å². The molecular weight excluding hydrogens is 428 g/mol. The molecule has 2 amide bonds. The van der Waals surface area contributed by atoms with Gasteiger partial charge in [0.05, 0.1) is 10.6 Å². The fourth-order valence-electron chi connectivity index (χ4n) is 2.95. The summed E-state index contributed by atoms with van der Waals surface area (Å²) in [7, 11) is -3.29. The summed E-state index contributed by atoms with van der Waals surface area (Å²) in [4.78, 5) is 25.2. The maximum atomic E-state index is 12.7. The number of halogens is 1. The molecule has 1 saturated heterocycles. The highest BCUT2D eigenvalue weighted by molar-refractivity contribution is 7.90. The van der Waals surface area contributed by atoms with Gasteiger partial charge in [0.2, 0.25) is 0 Å². The maximum absolute atomic E-state index is 12.7. The standard InChI is InChI=1S/C21H15ClN2O5S/c1-30(27,28)17-8-5-13(6-9-17)19-10-7-16(29-19)12-18-20(25)23-24(21(18)26)15-4-2-3-14(22)11-15/h2-12H,1H3,(H,23,25)/b18-12-. The number of furan rings is 1. The number of hydrogen-bond acceptors (Lipinski definition) is 5. The summed E-state index contributed by atoms with van der Waals surface area (Å²) in [5.74, 6) is -0.309. The zero-order chi connectivity index (χ0) is 21.5. The first kappa shape index (κ1) is 19.9. The Bertz CT molecular complexity index is 1290. The van der Waals surface area contributed by atoms with Crippen molar-refractivity contribution in [3.8, 4) is 11.3 Å². The topological polar surface area (TPSA) is 96.7 Å². The molecule has 9 heteroatoms. The van der Waals surface area contributed by atoms with E-state index in [4.69, 9.17) is 16.0 Å². The smallest absolute Gasteiger partial charge is 0.282 e. The van der Waals surface area contributed by atoms with E-state index in [1.54, 1.807) is 48.5 Å². The lowest BCUT2D eigenvalue weighted by Crippen LogP contribution is -2.35. The molecule has 2 heterocycles. The molecule has 4 rings (SSSR count). The van der Waals surface area contributed by atoms with Crippen LogP contribution in [0.3, 0.4) is 0 Å². The molecule has 1 fully saturated rings. The molecule has 0 bridgehead atoms. The second-order valence-electron chi connectivity index (χ2n) is 6.62. The molecule has 0 saturated carbocycles. The molecular formula is C21H15ClN2O5S. The number of hydrazine groups is 1. The minimum atomic E-state index is -3.29. The average molecular weight is 443 g/mol. The van der Waals surface area contributed by atoms with Gasteiger partial charge in [-0.25, -0.2) is 13.4 Å². The minimum absolute atomic E-state index is 0.0803. The van der Waals surface area contributed by atoms with Crippen LogP contribution in [0.25, 0.3) is 17.4 Å². The number of sulfone groups is 1. The average Bonchev–Trinajstić information content (AvgIpc) is 3.28. The zero-order valence-corrected chi connectivity index (χ0v) is 17.2. The largest absolute Gasteiger partial charge is 0.457 e. The van der Waals surface area contributed by atoms with Crippen LogP contribution in [-0.2, 0) is 19.4 Å². The summed E-state index contributed by atoms with van der Waals surface area (Å²) in [6.07, 6.45) is 2.49. The molecule has 1 aliphatic rings. The number of rotatable bonds is 4. The molecule has 152 valence electrons. The van der Waals surface area contributed by atoms with Gasteiger partial charge < -0.3 is 4.42 Å². The number of amides is 2. The van der Waals surface area contributed by atoms with Crippen molar-refractivity contribution < 1.29 is 22.4 Å². The van der Waals surface area contributed by atoms with Gasteiger partial charge in [0.15, 0.2) is 9.84 Å². The van der Waals surface area contributed by atoms with E-state index in [2.05, 4.69) is 5.43 Å². The Kier molecular flexibility index (Phi) is 4.97. The van der Waals surface area contributed by atoms with Gasteiger partial charge in [-0.3, -0.25) is 15.0 Å². The van der Waals surface area contributed by atoms with Crippen molar-refractivity contribution in [2.45, 2.75) is 4.90 Å². The van der Waals surface area contributed by atoms with Crippen LogP contribution in [0.15, 0.2) is 75.5 Å². The fourth-order valence-corrected chi connectivity index (χ4v) is 3.76. The normalized spacial score (nSPS) is 15.7. The van der Waals surface area contributed by atoms with Gasteiger partial charge in [0.25, 0.3) is 11.8 Å². The van der Waals surface area contributed by atoms with Crippen LogP contribution in [0, 0.1) is 0 Å². The minimum Gasteiger partial charge on any atom is -0.457 e. The number of benzene rings is 2. The van der Waals surface area contributed by atoms with Gasteiger partial charge in [0.1, 0.15) is 17.1 Å². The Hall–Kier alpha value is -3.36. The lowest BCUT2D eigenvalue weighted by Gasteiger charge is -2.14. The first-order chi connectivity index (χ1) is 14.2. The van der Waals surface area contributed by atoms with Crippen molar-refractivity contribution in [3.05, 3.63) is 77.0 Å². The van der Waals surface area contributed by atoms with E-state index < -0.39 is 21.7 Å². The Morgan fingerprint density at radius 2 is 1.77 bits per heavy atom. The van der Waals surface area contributed by atoms with Crippen molar-refractivity contribution in [1.82, 2.24) is 5.43 Å². The van der Waals surface area contributed by atoms with Crippen LogP contribution in [0.5, 0.6) is 0 Å². The van der Waals surface area contributed by atoms with Crippen LogP contribution in [-0.4, -0.2) is 26.5 Å². The van der Waals surface area contributed by atoms with Crippen molar-refractivity contribution in [2.75, 3.05) is 11.3 Å². The Labute approximate surface area is 177 Å². The van der Waals surface area contributed by atoms with Gasteiger partial charge in [-0.15, -0.1) is 0 Å².